The first kappa shape index (κ1) is 13.1. The Hall–Kier alpha value is -1.94. The van der Waals surface area contributed by atoms with Crippen molar-refractivity contribution in [2.24, 2.45) is 0 Å². The van der Waals surface area contributed by atoms with Crippen LogP contribution in [-0.4, -0.2) is 9.55 Å². The van der Waals surface area contributed by atoms with Gasteiger partial charge in [0, 0.05) is 6.07 Å². The van der Waals surface area contributed by atoms with Gasteiger partial charge in [-0.25, -0.2) is 13.8 Å². The minimum atomic E-state index is -0.640. The van der Waals surface area contributed by atoms with Crippen molar-refractivity contribution in [1.29, 1.82) is 0 Å². The number of nitrogens with zero attached hydrogens (tertiary/aromatic N) is 2. The molecule has 0 aliphatic carbocycles. The molecular formula is C15H11ClF2N2. The number of halogens is 3. The molecule has 0 amide bonds. The van der Waals surface area contributed by atoms with E-state index in [0.717, 1.165) is 22.7 Å². The molecule has 0 saturated heterocycles. The van der Waals surface area contributed by atoms with E-state index in [2.05, 4.69) is 4.98 Å². The molecule has 20 heavy (non-hydrogen) atoms. The largest absolute Gasteiger partial charge is 0.292 e. The van der Waals surface area contributed by atoms with E-state index < -0.39 is 11.6 Å². The lowest BCUT2D eigenvalue weighted by Gasteiger charge is -2.10. The number of para-hydroxylation sites is 1. The van der Waals surface area contributed by atoms with Gasteiger partial charge in [0.05, 0.1) is 22.6 Å². The minimum absolute atomic E-state index is 0.144. The van der Waals surface area contributed by atoms with Crippen LogP contribution in [0.3, 0.4) is 0 Å². The van der Waals surface area contributed by atoms with E-state index in [-0.39, 0.29) is 11.6 Å². The van der Waals surface area contributed by atoms with E-state index >= 15 is 0 Å². The predicted octanol–water partition coefficient (Wildman–Crippen LogP) is 4.35. The summed E-state index contributed by atoms with van der Waals surface area (Å²) < 4.78 is 28.8. The van der Waals surface area contributed by atoms with Gasteiger partial charge in [-0.05, 0) is 30.7 Å². The summed E-state index contributed by atoms with van der Waals surface area (Å²) in [6.45, 7) is 1.92. The summed E-state index contributed by atoms with van der Waals surface area (Å²) in [5, 5.41) is 0. The van der Waals surface area contributed by atoms with Crippen LogP contribution in [0.1, 0.15) is 11.4 Å². The number of fused-ring (bicyclic) bond motifs is 1. The second kappa shape index (κ2) is 4.87. The Balaban J connectivity index is 2.39. The molecule has 2 aromatic carbocycles. The maximum absolute atomic E-state index is 14.1. The summed E-state index contributed by atoms with van der Waals surface area (Å²) in [7, 11) is 0. The second-order valence-corrected chi connectivity index (χ2v) is 4.80. The maximum atomic E-state index is 14.1. The smallest absolute Gasteiger partial charge is 0.150 e. The van der Waals surface area contributed by atoms with E-state index in [1.54, 1.807) is 4.57 Å². The number of benzene rings is 2. The van der Waals surface area contributed by atoms with Gasteiger partial charge in [0.2, 0.25) is 0 Å². The van der Waals surface area contributed by atoms with Crippen LogP contribution in [0.5, 0.6) is 0 Å². The van der Waals surface area contributed by atoms with Crippen molar-refractivity contribution in [3.63, 3.8) is 0 Å². The van der Waals surface area contributed by atoms with Crippen molar-refractivity contribution in [1.82, 2.24) is 9.55 Å². The highest BCUT2D eigenvalue weighted by Crippen LogP contribution is 2.27. The monoisotopic (exact) mass is 292 g/mol. The Morgan fingerprint density at radius 2 is 2.00 bits per heavy atom. The third kappa shape index (κ3) is 1.96. The number of alkyl halides is 1. The Bertz CT molecular complexity index is 796. The third-order valence-corrected chi connectivity index (χ3v) is 3.46. The molecule has 0 aliphatic rings. The molecule has 0 aliphatic heterocycles. The molecule has 2 nitrogen and oxygen atoms in total. The fraction of sp³-hybridized carbons (Fsp3) is 0.133. The van der Waals surface area contributed by atoms with Gasteiger partial charge in [-0.3, -0.25) is 4.57 Å². The molecular weight excluding hydrogens is 282 g/mol. The zero-order chi connectivity index (χ0) is 14.3. The normalized spacial score (nSPS) is 11.2. The second-order valence-electron chi connectivity index (χ2n) is 4.54. The Labute approximate surface area is 119 Å². The highest BCUT2D eigenvalue weighted by atomic mass is 35.5. The molecule has 0 atom stereocenters. The van der Waals surface area contributed by atoms with Crippen molar-refractivity contribution >= 4 is 22.6 Å². The van der Waals surface area contributed by atoms with Crippen molar-refractivity contribution in [3.05, 3.63) is 59.4 Å². The van der Waals surface area contributed by atoms with Crippen LogP contribution in [0.2, 0.25) is 0 Å². The maximum Gasteiger partial charge on any atom is 0.150 e. The zero-order valence-electron chi connectivity index (χ0n) is 10.7. The van der Waals surface area contributed by atoms with Crippen LogP contribution < -0.4 is 0 Å². The average Bonchev–Trinajstić information content (AvgIpc) is 2.79. The SMILES string of the molecule is Cc1cccc2nc(CCl)n(-c3ccc(F)cc3F)c12. The quantitative estimate of drug-likeness (QED) is 0.642. The lowest BCUT2D eigenvalue weighted by molar-refractivity contribution is 0.577. The van der Waals surface area contributed by atoms with Gasteiger partial charge in [-0.15, -0.1) is 11.6 Å². The molecule has 0 unspecified atom stereocenters. The summed E-state index contributed by atoms with van der Waals surface area (Å²) in [6, 6.07) is 9.12. The highest BCUT2D eigenvalue weighted by Gasteiger charge is 2.16. The van der Waals surface area contributed by atoms with Crippen LogP contribution in [-0.2, 0) is 5.88 Å². The van der Waals surface area contributed by atoms with Gasteiger partial charge in [0.1, 0.15) is 17.5 Å². The van der Waals surface area contributed by atoms with E-state index in [4.69, 9.17) is 11.6 Å². The first-order chi connectivity index (χ1) is 9.61. The van der Waals surface area contributed by atoms with Crippen LogP contribution in [0.25, 0.3) is 16.7 Å². The van der Waals surface area contributed by atoms with E-state index in [0.29, 0.717) is 5.82 Å². The van der Waals surface area contributed by atoms with Crippen LogP contribution in [0.4, 0.5) is 8.78 Å². The van der Waals surface area contributed by atoms with Gasteiger partial charge in [0.25, 0.3) is 0 Å². The molecule has 1 aromatic heterocycles. The van der Waals surface area contributed by atoms with E-state index in [1.165, 1.54) is 12.1 Å². The van der Waals surface area contributed by atoms with Crippen molar-refractivity contribution in [2.75, 3.05) is 0 Å². The summed E-state index contributed by atoms with van der Waals surface area (Å²) in [4.78, 5) is 4.40. The molecule has 5 heteroatoms. The van der Waals surface area contributed by atoms with E-state index in [1.807, 2.05) is 25.1 Å². The molecule has 0 spiro atoms. The summed E-state index contributed by atoms with van der Waals surface area (Å²) in [5.41, 5.74) is 2.73. The molecule has 3 rings (SSSR count). The minimum Gasteiger partial charge on any atom is -0.292 e. The molecule has 0 bridgehead atoms. The molecule has 1 heterocycles. The standard InChI is InChI=1S/C15H11ClF2N2/c1-9-3-2-4-12-15(9)20(14(8-16)19-12)13-6-5-10(17)7-11(13)18/h2-7H,8H2,1H3. The van der Waals surface area contributed by atoms with Gasteiger partial charge in [0.15, 0.2) is 0 Å². The number of aromatic nitrogens is 2. The molecule has 0 saturated carbocycles. The summed E-state index contributed by atoms with van der Waals surface area (Å²) in [6.07, 6.45) is 0. The van der Waals surface area contributed by atoms with Gasteiger partial charge in [-0.1, -0.05) is 12.1 Å². The summed E-state index contributed by atoms with van der Waals surface area (Å²) in [5.74, 6) is -0.578. The first-order valence-corrected chi connectivity index (χ1v) is 6.63. The Morgan fingerprint density at radius 1 is 1.20 bits per heavy atom. The predicted molar refractivity (Wildman–Crippen MR) is 75.3 cm³/mol. The number of hydrogen-bond acceptors (Lipinski definition) is 1. The zero-order valence-corrected chi connectivity index (χ0v) is 11.5. The fourth-order valence-corrected chi connectivity index (χ4v) is 2.53. The average molecular weight is 293 g/mol. The highest BCUT2D eigenvalue weighted by molar-refractivity contribution is 6.17. The molecule has 3 aromatic rings. The van der Waals surface area contributed by atoms with Crippen LogP contribution >= 0.6 is 11.6 Å². The van der Waals surface area contributed by atoms with E-state index in [9.17, 15) is 8.78 Å². The van der Waals surface area contributed by atoms with Crippen LogP contribution in [0.15, 0.2) is 36.4 Å². The topological polar surface area (TPSA) is 17.8 Å². The Kier molecular flexibility index (Phi) is 3.18. The summed E-state index contributed by atoms with van der Waals surface area (Å²) >= 11 is 5.91. The van der Waals surface area contributed by atoms with Crippen molar-refractivity contribution in [2.45, 2.75) is 12.8 Å². The van der Waals surface area contributed by atoms with Gasteiger partial charge < -0.3 is 0 Å². The number of hydrogen-bond donors (Lipinski definition) is 0. The van der Waals surface area contributed by atoms with Crippen molar-refractivity contribution in [3.8, 4) is 5.69 Å². The molecule has 102 valence electrons. The van der Waals surface area contributed by atoms with Crippen molar-refractivity contribution < 1.29 is 8.78 Å². The third-order valence-electron chi connectivity index (χ3n) is 3.22. The molecule has 0 fully saturated rings. The van der Waals surface area contributed by atoms with Crippen LogP contribution in [0, 0.1) is 18.6 Å². The first-order valence-electron chi connectivity index (χ1n) is 6.10. The molecule has 0 N–H and O–H groups in total. The number of aryl methyl sites for hydroxylation is 1. The molecule has 0 radical (unpaired) electrons. The van der Waals surface area contributed by atoms with Gasteiger partial charge >= 0.3 is 0 Å². The fourth-order valence-electron chi connectivity index (χ4n) is 2.35. The van der Waals surface area contributed by atoms with Gasteiger partial charge in [-0.2, -0.15) is 0 Å². The lowest BCUT2D eigenvalue weighted by Crippen LogP contribution is -2.03. The number of imidazole rings is 1. The number of rotatable bonds is 2. The lowest BCUT2D eigenvalue weighted by atomic mass is 10.2. The Morgan fingerprint density at radius 3 is 2.70 bits per heavy atom.